The summed E-state index contributed by atoms with van der Waals surface area (Å²) in [6.07, 6.45) is 1.77. The van der Waals surface area contributed by atoms with Crippen LogP contribution in [0.3, 0.4) is 0 Å². The summed E-state index contributed by atoms with van der Waals surface area (Å²) in [4.78, 5) is 1.61. The highest BCUT2D eigenvalue weighted by molar-refractivity contribution is 9.10. The van der Waals surface area contributed by atoms with Crippen LogP contribution in [0.5, 0.6) is 5.75 Å². The molecule has 1 heterocycles. The molecule has 0 amide bonds. The molecule has 0 aliphatic carbocycles. The van der Waals surface area contributed by atoms with Crippen molar-refractivity contribution in [3.05, 3.63) is 27.7 Å². The number of benzene rings is 1. The van der Waals surface area contributed by atoms with Crippen molar-refractivity contribution in [2.45, 2.75) is 32.5 Å². The van der Waals surface area contributed by atoms with Gasteiger partial charge in [0.05, 0.1) is 17.6 Å². The van der Waals surface area contributed by atoms with Crippen LogP contribution in [0, 0.1) is 0 Å². The SMILES string of the molecule is C[C@H]1C[NH+](CCCOc2ccc(Cl)cc2Br)C[C@H](C)O1. The smallest absolute Gasteiger partial charge is 0.133 e. The van der Waals surface area contributed by atoms with Gasteiger partial charge >= 0.3 is 0 Å². The Kier molecular flexibility index (Phi) is 6.15. The molecule has 1 aromatic rings. The molecule has 0 spiro atoms. The first-order chi connectivity index (χ1) is 9.54. The average Bonchev–Trinajstić information content (AvgIpc) is 2.35. The molecule has 0 unspecified atom stereocenters. The lowest BCUT2D eigenvalue weighted by Gasteiger charge is -2.32. The molecule has 1 fully saturated rings. The van der Waals surface area contributed by atoms with Gasteiger partial charge in [-0.2, -0.15) is 0 Å². The Hall–Kier alpha value is -0.290. The van der Waals surface area contributed by atoms with E-state index in [4.69, 9.17) is 21.1 Å². The molecule has 1 saturated heterocycles. The van der Waals surface area contributed by atoms with Crippen molar-refractivity contribution in [3.63, 3.8) is 0 Å². The molecule has 0 saturated carbocycles. The number of nitrogens with one attached hydrogen (secondary N) is 1. The lowest BCUT2D eigenvalue weighted by molar-refractivity contribution is -0.915. The summed E-state index contributed by atoms with van der Waals surface area (Å²) < 4.78 is 12.4. The van der Waals surface area contributed by atoms with E-state index in [0.717, 1.165) is 42.9 Å². The van der Waals surface area contributed by atoms with Gasteiger partial charge in [-0.15, -0.1) is 0 Å². The van der Waals surface area contributed by atoms with Crippen LogP contribution >= 0.6 is 27.5 Å². The largest absolute Gasteiger partial charge is 0.492 e. The fourth-order valence-corrected chi connectivity index (χ4v) is 3.49. The fourth-order valence-electron chi connectivity index (χ4n) is 2.69. The Morgan fingerprint density at radius 1 is 1.35 bits per heavy atom. The summed E-state index contributed by atoms with van der Waals surface area (Å²) in [5, 5.41) is 0.713. The molecule has 1 aliphatic heterocycles. The highest BCUT2D eigenvalue weighted by Crippen LogP contribution is 2.27. The number of ether oxygens (including phenoxy) is 2. The molecule has 2 rings (SSSR count). The van der Waals surface area contributed by atoms with Gasteiger partial charge in [0.2, 0.25) is 0 Å². The molecular weight excluding hydrogens is 342 g/mol. The first-order valence-electron chi connectivity index (χ1n) is 7.11. The van der Waals surface area contributed by atoms with Crippen molar-refractivity contribution in [2.24, 2.45) is 0 Å². The van der Waals surface area contributed by atoms with Gasteiger partial charge in [0.1, 0.15) is 31.0 Å². The highest BCUT2D eigenvalue weighted by Gasteiger charge is 2.24. The minimum atomic E-state index is 0.361. The zero-order chi connectivity index (χ0) is 14.5. The van der Waals surface area contributed by atoms with E-state index >= 15 is 0 Å². The molecule has 20 heavy (non-hydrogen) atoms. The van der Waals surface area contributed by atoms with E-state index in [0.29, 0.717) is 17.2 Å². The predicted octanol–water partition coefficient (Wildman–Crippen LogP) is 2.56. The van der Waals surface area contributed by atoms with Gasteiger partial charge in [-0.1, -0.05) is 11.6 Å². The first kappa shape index (κ1) is 16.1. The topological polar surface area (TPSA) is 22.9 Å². The highest BCUT2D eigenvalue weighted by atomic mass is 79.9. The van der Waals surface area contributed by atoms with Gasteiger partial charge < -0.3 is 14.4 Å². The van der Waals surface area contributed by atoms with E-state index in [1.54, 1.807) is 4.90 Å². The second kappa shape index (κ2) is 7.64. The molecule has 0 bridgehead atoms. The van der Waals surface area contributed by atoms with Crippen LogP contribution in [-0.2, 0) is 4.74 Å². The summed E-state index contributed by atoms with van der Waals surface area (Å²) >= 11 is 9.37. The monoisotopic (exact) mass is 362 g/mol. The Labute approximate surface area is 134 Å². The maximum atomic E-state index is 5.91. The first-order valence-corrected chi connectivity index (χ1v) is 8.28. The number of quaternary nitrogens is 1. The third-order valence-electron chi connectivity index (χ3n) is 3.44. The minimum Gasteiger partial charge on any atom is -0.492 e. The maximum absolute atomic E-state index is 5.91. The van der Waals surface area contributed by atoms with Gasteiger partial charge in [-0.25, -0.2) is 0 Å². The van der Waals surface area contributed by atoms with E-state index in [1.807, 2.05) is 18.2 Å². The van der Waals surface area contributed by atoms with E-state index in [9.17, 15) is 0 Å². The van der Waals surface area contributed by atoms with Crippen molar-refractivity contribution in [1.82, 2.24) is 0 Å². The molecule has 3 nitrogen and oxygen atoms in total. The molecule has 112 valence electrons. The zero-order valence-corrected chi connectivity index (χ0v) is 14.3. The third-order valence-corrected chi connectivity index (χ3v) is 4.30. The number of halogens is 2. The van der Waals surface area contributed by atoms with Crippen LogP contribution in [-0.4, -0.2) is 38.4 Å². The molecule has 1 aromatic carbocycles. The van der Waals surface area contributed by atoms with Gasteiger partial charge in [0, 0.05) is 11.4 Å². The standard InChI is InChI=1S/C15H21BrClNO2/c1-11-9-18(10-12(2)20-11)6-3-7-19-15-5-4-13(17)8-14(15)16/h4-5,8,11-12H,3,6-7,9-10H2,1-2H3/p+1/t11-,12-/m0/s1. The van der Waals surface area contributed by atoms with E-state index in [-0.39, 0.29) is 0 Å². The van der Waals surface area contributed by atoms with Gasteiger partial charge in [-0.3, -0.25) is 0 Å². The molecule has 1 aliphatic rings. The number of hydrogen-bond acceptors (Lipinski definition) is 2. The van der Waals surface area contributed by atoms with Gasteiger partial charge in [-0.05, 0) is 48.0 Å². The van der Waals surface area contributed by atoms with E-state index < -0.39 is 0 Å². The quantitative estimate of drug-likeness (QED) is 0.813. The van der Waals surface area contributed by atoms with Crippen molar-refractivity contribution in [1.29, 1.82) is 0 Å². The van der Waals surface area contributed by atoms with Crippen LogP contribution in [0.4, 0.5) is 0 Å². The summed E-state index contributed by atoms with van der Waals surface area (Å²) in [7, 11) is 0. The normalized spacial score (nSPS) is 26.5. The van der Waals surface area contributed by atoms with Crippen molar-refractivity contribution in [3.8, 4) is 5.75 Å². The Morgan fingerprint density at radius 3 is 2.70 bits per heavy atom. The predicted molar refractivity (Wildman–Crippen MR) is 84.8 cm³/mol. The Morgan fingerprint density at radius 2 is 2.05 bits per heavy atom. The lowest BCUT2D eigenvalue weighted by Crippen LogP contribution is -3.15. The van der Waals surface area contributed by atoms with E-state index in [2.05, 4.69) is 29.8 Å². The van der Waals surface area contributed by atoms with Crippen LogP contribution in [0.25, 0.3) is 0 Å². The Bertz CT molecular complexity index is 434. The zero-order valence-electron chi connectivity index (χ0n) is 12.0. The molecule has 2 atom stereocenters. The molecular formula is C15H22BrClNO2+. The van der Waals surface area contributed by atoms with Gasteiger partial charge in [0.15, 0.2) is 0 Å². The fraction of sp³-hybridized carbons (Fsp3) is 0.600. The summed E-state index contributed by atoms with van der Waals surface area (Å²) in [5.74, 6) is 0.855. The number of rotatable bonds is 5. The number of hydrogen-bond donors (Lipinski definition) is 1. The van der Waals surface area contributed by atoms with Crippen molar-refractivity contribution < 1.29 is 14.4 Å². The summed E-state index contributed by atoms with van der Waals surface area (Å²) in [5.41, 5.74) is 0. The summed E-state index contributed by atoms with van der Waals surface area (Å²) in [6.45, 7) is 8.34. The van der Waals surface area contributed by atoms with Gasteiger partial charge in [0.25, 0.3) is 0 Å². The van der Waals surface area contributed by atoms with Crippen LogP contribution in [0.2, 0.25) is 5.02 Å². The van der Waals surface area contributed by atoms with Crippen molar-refractivity contribution >= 4 is 27.5 Å². The molecule has 0 radical (unpaired) electrons. The van der Waals surface area contributed by atoms with Crippen LogP contribution in [0.1, 0.15) is 20.3 Å². The van der Waals surface area contributed by atoms with Crippen LogP contribution in [0.15, 0.2) is 22.7 Å². The summed E-state index contributed by atoms with van der Waals surface area (Å²) in [6, 6.07) is 5.60. The second-order valence-electron chi connectivity index (χ2n) is 5.44. The van der Waals surface area contributed by atoms with E-state index in [1.165, 1.54) is 0 Å². The lowest BCUT2D eigenvalue weighted by atomic mass is 10.2. The molecule has 1 N–H and O–H groups in total. The third kappa shape index (κ3) is 4.92. The number of morpholine rings is 1. The molecule has 0 aromatic heterocycles. The maximum Gasteiger partial charge on any atom is 0.133 e. The Balaban J connectivity index is 1.71. The average molecular weight is 364 g/mol. The van der Waals surface area contributed by atoms with Crippen LogP contribution < -0.4 is 9.64 Å². The minimum absolute atomic E-state index is 0.361. The van der Waals surface area contributed by atoms with Crippen molar-refractivity contribution in [2.75, 3.05) is 26.2 Å². The second-order valence-corrected chi connectivity index (χ2v) is 6.73. The molecule has 5 heteroatoms.